The van der Waals surface area contributed by atoms with Gasteiger partial charge >= 0.3 is 11.9 Å². The Labute approximate surface area is 175 Å². The number of anilines is 1. The molecule has 0 aliphatic carbocycles. The summed E-state index contributed by atoms with van der Waals surface area (Å²) in [5.74, 6) is -1.18. The van der Waals surface area contributed by atoms with Crippen molar-refractivity contribution < 1.29 is 23.9 Å². The zero-order valence-corrected chi connectivity index (χ0v) is 17.6. The average molecular weight is 416 g/mol. The molecular formula is C22H25NO5S. The van der Waals surface area contributed by atoms with Gasteiger partial charge in [0.1, 0.15) is 0 Å². The Kier molecular flexibility index (Phi) is 8.73. The third-order valence-electron chi connectivity index (χ3n) is 3.88. The molecule has 2 aromatic rings. The van der Waals surface area contributed by atoms with Crippen LogP contribution < -0.4 is 5.32 Å². The first-order valence-electron chi connectivity index (χ1n) is 9.31. The number of carbonyl (C=O) groups excluding carboxylic acids is 3. The van der Waals surface area contributed by atoms with Gasteiger partial charge < -0.3 is 14.8 Å². The molecule has 1 N–H and O–H groups in total. The lowest BCUT2D eigenvalue weighted by molar-refractivity contribution is -0.144. The van der Waals surface area contributed by atoms with Gasteiger partial charge in [0, 0.05) is 10.6 Å². The van der Waals surface area contributed by atoms with E-state index in [1.807, 2.05) is 32.9 Å². The molecule has 1 amide bonds. The topological polar surface area (TPSA) is 81.7 Å². The van der Waals surface area contributed by atoms with Crippen molar-refractivity contribution in [2.45, 2.75) is 32.1 Å². The largest absolute Gasteiger partial charge is 0.462 e. The lowest BCUT2D eigenvalue weighted by atomic mass is 10.2. The molecule has 2 rings (SSSR count). The molecule has 6 nitrogen and oxygen atoms in total. The van der Waals surface area contributed by atoms with Gasteiger partial charge in [-0.05, 0) is 56.2 Å². The number of hydrogen-bond acceptors (Lipinski definition) is 6. The molecule has 29 heavy (non-hydrogen) atoms. The summed E-state index contributed by atoms with van der Waals surface area (Å²) >= 11 is 1.38. The number of amides is 1. The van der Waals surface area contributed by atoms with Gasteiger partial charge in [-0.25, -0.2) is 4.79 Å². The van der Waals surface area contributed by atoms with Crippen molar-refractivity contribution in [3.8, 4) is 0 Å². The maximum absolute atomic E-state index is 12.0. The van der Waals surface area contributed by atoms with Gasteiger partial charge in [0.25, 0.3) is 5.91 Å². The first-order chi connectivity index (χ1) is 13.9. The first-order valence-corrected chi connectivity index (χ1v) is 10.3. The molecule has 0 aliphatic heterocycles. The van der Waals surface area contributed by atoms with Crippen LogP contribution in [0.5, 0.6) is 0 Å². The molecule has 0 bridgehead atoms. The maximum atomic E-state index is 12.0. The van der Waals surface area contributed by atoms with Crippen LogP contribution in [-0.2, 0) is 19.1 Å². The van der Waals surface area contributed by atoms with Gasteiger partial charge in [-0.1, -0.05) is 24.6 Å². The number of nitrogens with one attached hydrogen (secondary N) is 1. The number of thioether (sulfide) groups is 1. The highest BCUT2D eigenvalue weighted by atomic mass is 32.2. The van der Waals surface area contributed by atoms with Crippen LogP contribution >= 0.6 is 11.8 Å². The van der Waals surface area contributed by atoms with E-state index in [9.17, 15) is 14.4 Å². The molecule has 2 aromatic carbocycles. The van der Waals surface area contributed by atoms with Crippen molar-refractivity contribution in [1.82, 2.24) is 0 Å². The van der Waals surface area contributed by atoms with Crippen LogP contribution in [-0.4, -0.2) is 36.8 Å². The zero-order valence-electron chi connectivity index (χ0n) is 16.8. The summed E-state index contributed by atoms with van der Waals surface area (Å²) in [4.78, 5) is 36.6. The highest BCUT2D eigenvalue weighted by Gasteiger charge is 2.11. The maximum Gasteiger partial charge on any atom is 0.338 e. The second-order valence-electron chi connectivity index (χ2n) is 6.48. The molecule has 0 atom stereocenters. The normalized spacial score (nSPS) is 10.3. The van der Waals surface area contributed by atoms with Gasteiger partial charge in [0.2, 0.25) is 0 Å². The summed E-state index contributed by atoms with van der Waals surface area (Å²) in [6.45, 7) is 5.92. The van der Waals surface area contributed by atoms with E-state index in [0.29, 0.717) is 17.9 Å². The molecule has 0 spiro atoms. The highest BCUT2D eigenvalue weighted by molar-refractivity contribution is 8.00. The van der Waals surface area contributed by atoms with Gasteiger partial charge in [-0.3, -0.25) is 9.59 Å². The molecule has 0 aromatic heterocycles. The number of carbonyl (C=O) groups is 3. The number of ether oxygens (including phenoxy) is 2. The molecule has 0 aliphatic rings. The van der Waals surface area contributed by atoms with Crippen LogP contribution in [0.3, 0.4) is 0 Å². The lowest BCUT2D eigenvalue weighted by Gasteiger charge is -2.08. The van der Waals surface area contributed by atoms with Crippen LogP contribution in [0.4, 0.5) is 5.69 Å². The Morgan fingerprint density at radius 2 is 1.72 bits per heavy atom. The molecule has 0 unspecified atom stereocenters. The van der Waals surface area contributed by atoms with Gasteiger partial charge in [0.05, 0.1) is 17.9 Å². The monoisotopic (exact) mass is 415 g/mol. The highest BCUT2D eigenvalue weighted by Crippen LogP contribution is 2.23. The summed E-state index contributed by atoms with van der Waals surface area (Å²) in [7, 11) is 0. The predicted octanol–water partition coefficient (Wildman–Crippen LogP) is 4.14. The molecule has 0 saturated heterocycles. The summed E-state index contributed by atoms with van der Waals surface area (Å²) in [5.41, 5.74) is 3.17. The smallest absolute Gasteiger partial charge is 0.338 e. The van der Waals surface area contributed by atoms with E-state index in [1.165, 1.54) is 11.8 Å². The Balaban J connectivity index is 1.74. The fraction of sp³-hybridized carbons (Fsp3) is 0.318. The lowest BCUT2D eigenvalue weighted by Crippen LogP contribution is -2.21. The molecular weight excluding hydrogens is 390 g/mol. The minimum absolute atomic E-state index is 0.131. The Morgan fingerprint density at radius 1 is 1.00 bits per heavy atom. The molecule has 7 heteroatoms. The van der Waals surface area contributed by atoms with Crippen molar-refractivity contribution in [2.24, 2.45) is 0 Å². The SMILES string of the molecule is CCCOC(=O)c1ccc(NC(=O)COC(=O)CSc2ccc(C)cc2C)cc1. The number of rotatable bonds is 9. The van der Waals surface area contributed by atoms with E-state index in [-0.39, 0.29) is 12.4 Å². The van der Waals surface area contributed by atoms with Crippen molar-refractivity contribution in [2.75, 3.05) is 24.3 Å². The average Bonchev–Trinajstić information content (AvgIpc) is 2.70. The van der Waals surface area contributed by atoms with E-state index >= 15 is 0 Å². The van der Waals surface area contributed by atoms with Gasteiger partial charge in [-0.2, -0.15) is 0 Å². The molecule has 0 heterocycles. The van der Waals surface area contributed by atoms with Gasteiger partial charge in [0.15, 0.2) is 6.61 Å². The second-order valence-corrected chi connectivity index (χ2v) is 7.50. The van der Waals surface area contributed by atoms with E-state index in [0.717, 1.165) is 22.4 Å². The van der Waals surface area contributed by atoms with Crippen molar-refractivity contribution in [3.05, 3.63) is 59.2 Å². The zero-order chi connectivity index (χ0) is 21.2. The quantitative estimate of drug-likeness (QED) is 0.490. The van der Waals surface area contributed by atoms with Crippen molar-refractivity contribution in [3.63, 3.8) is 0 Å². The standard InChI is InChI=1S/C22H25NO5S/c1-4-11-27-22(26)17-6-8-18(9-7-17)23-20(24)13-28-21(25)14-29-19-10-5-15(2)12-16(19)3/h5-10,12H,4,11,13-14H2,1-3H3,(H,23,24). The Bertz CT molecular complexity index is 864. The summed E-state index contributed by atoms with van der Waals surface area (Å²) in [6.07, 6.45) is 0.752. The fourth-order valence-corrected chi connectivity index (χ4v) is 3.26. The van der Waals surface area contributed by atoms with Crippen molar-refractivity contribution >= 4 is 35.3 Å². The number of hydrogen-bond donors (Lipinski definition) is 1. The number of benzene rings is 2. The van der Waals surface area contributed by atoms with E-state index in [2.05, 4.69) is 11.4 Å². The van der Waals surface area contributed by atoms with Crippen LogP contribution in [0.1, 0.15) is 34.8 Å². The third kappa shape index (κ3) is 7.62. The van der Waals surface area contributed by atoms with Crippen LogP contribution in [0.15, 0.2) is 47.4 Å². The Hall–Kier alpha value is -2.80. The van der Waals surface area contributed by atoms with Crippen LogP contribution in [0.25, 0.3) is 0 Å². The Morgan fingerprint density at radius 3 is 2.38 bits per heavy atom. The van der Waals surface area contributed by atoms with Gasteiger partial charge in [-0.15, -0.1) is 11.8 Å². The summed E-state index contributed by atoms with van der Waals surface area (Å²) in [5, 5.41) is 2.62. The number of aryl methyl sites for hydroxylation is 2. The van der Waals surface area contributed by atoms with E-state index in [1.54, 1.807) is 24.3 Å². The second kappa shape index (κ2) is 11.3. The molecule has 154 valence electrons. The first kappa shape index (κ1) is 22.5. The predicted molar refractivity (Wildman–Crippen MR) is 113 cm³/mol. The van der Waals surface area contributed by atoms with E-state index < -0.39 is 17.8 Å². The third-order valence-corrected chi connectivity index (χ3v) is 5.03. The molecule has 0 radical (unpaired) electrons. The fourth-order valence-electron chi connectivity index (χ4n) is 2.45. The van der Waals surface area contributed by atoms with Crippen molar-refractivity contribution in [1.29, 1.82) is 0 Å². The van der Waals surface area contributed by atoms with Crippen LogP contribution in [0, 0.1) is 13.8 Å². The van der Waals surface area contributed by atoms with Crippen LogP contribution in [0.2, 0.25) is 0 Å². The van der Waals surface area contributed by atoms with E-state index in [4.69, 9.17) is 9.47 Å². The molecule has 0 fully saturated rings. The minimum atomic E-state index is -0.459. The summed E-state index contributed by atoms with van der Waals surface area (Å²) < 4.78 is 10.1. The minimum Gasteiger partial charge on any atom is -0.462 e. The molecule has 0 saturated carbocycles. The summed E-state index contributed by atoms with van der Waals surface area (Å²) in [6, 6.07) is 12.3. The number of esters is 2.